The van der Waals surface area contributed by atoms with Gasteiger partial charge in [-0.1, -0.05) is 6.92 Å². The van der Waals surface area contributed by atoms with Gasteiger partial charge in [0, 0.05) is 0 Å². The molecule has 0 spiro atoms. The fourth-order valence-corrected chi connectivity index (χ4v) is 0.791. The Hall–Kier alpha value is -0.00571. The first-order valence-electron chi connectivity index (χ1n) is 3.74. The van der Waals surface area contributed by atoms with E-state index in [1.165, 1.54) is 5.56 Å². The number of aryl methyl sites for hydroxylation is 1. The van der Waals surface area contributed by atoms with E-state index in [1.807, 2.05) is 42.5 Å². The van der Waals surface area contributed by atoms with Crippen LogP contribution in [0.5, 0.6) is 0 Å². The van der Waals surface area contributed by atoms with Gasteiger partial charge in [0.15, 0.2) is 0 Å². The Morgan fingerprint density at radius 1 is 0.857 bits per heavy atom. The van der Waals surface area contributed by atoms with E-state index >= 15 is 0 Å². The van der Waals surface area contributed by atoms with E-state index in [0.29, 0.717) is 0 Å². The van der Waals surface area contributed by atoms with Crippen molar-refractivity contribution in [3.63, 3.8) is 0 Å². The second kappa shape index (κ2) is 13.0. The van der Waals surface area contributed by atoms with Gasteiger partial charge in [0.1, 0.15) is 0 Å². The molecule has 0 nitrogen and oxygen atoms in total. The Balaban J connectivity index is -0.000000144. The summed E-state index contributed by atoms with van der Waals surface area (Å²) in [5, 5.41) is 0. The van der Waals surface area contributed by atoms with Gasteiger partial charge in [-0.15, -0.1) is 0 Å². The summed E-state index contributed by atoms with van der Waals surface area (Å²) in [5.41, 5.74) is 1.34. The third-order valence-electron chi connectivity index (χ3n) is 1.38. The molecule has 0 fully saturated rings. The first kappa shape index (κ1) is 19.5. The smallest absolute Gasteiger partial charge is 1.00 e. The maximum absolute atomic E-state index is 2.08. The van der Waals surface area contributed by atoms with E-state index in [0.717, 1.165) is 0 Å². The molecule has 0 radical (unpaired) electrons. The van der Waals surface area contributed by atoms with Crippen LogP contribution >= 0.6 is 0 Å². The Morgan fingerprint density at radius 2 is 1.29 bits per heavy atom. The molecule has 2 aromatic rings. The van der Waals surface area contributed by atoms with Crippen LogP contribution in [0.15, 0.2) is 54.6 Å². The van der Waals surface area contributed by atoms with Crippen LogP contribution in [0.25, 0.3) is 0 Å². The normalized spacial score (nSPS) is 6.64. The van der Waals surface area contributed by atoms with Crippen molar-refractivity contribution in [3.05, 3.63) is 60.2 Å². The maximum atomic E-state index is 2.08. The summed E-state index contributed by atoms with van der Waals surface area (Å²) in [5.74, 6) is 0. The van der Waals surface area contributed by atoms with Crippen molar-refractivity contribution in [1.29, 1.82) is 0 Å². The van der Waals surface area contributed by atoms with Gasteiger partial charge >= 0.3 is 21.7 Å². The van der Waals surface area contributed by atoms with Crippen LogP contribution < -0.4 is 24.8 Å². The van der Waals surface area contributed by atoms with Crippen molar-refractivity contribution < 1.29 is 46.5 Å². The minimum Gasteiger partial charge on any atom is -1.00 e. The minimum atomic E-state index is 0. The topological polar surface area (TPSA) is 0 Å². The fourth-order valence-electron chi connectivity index (χ4n) is 0.791. The number of hydrogen-bond acceptors (Lipinski definition) is 0. The first-order valence-corrected chi connectivity index (χ1v) is 3.74. The van der Waals surface area contributed by atoms with Gasteiger partial charge in [-0.3, -0.25) is 0 Å². The molecule has 0 unspecified atom stereocenters. The molecule has 3 heteroatoms. The Labute approximate surface area is 113 Å². The first-order chi connectivity index (χ1) is 5.39. The largest absolute Gasteiger partial charge is 4.00 e. The predicted molar refractivity (Wildman–Crippen MR) is 48.8 cm³/mol. The van der Waals surface area contributed by atoms with Crippen molar-refractivity contribution in [2.24, 2.45) is 0 Å². The van der Waals surface area contributed by atoms with Crippen molar-refractivity contribution in [3.8, 4) is 0 Å². The van der Waals surface area contributed by atoms with Crippen LogP contribution in [0.1, 0.15) is 5.56 Å². The SMILES string of the molecule is C[c-]1cccc1.[Cl-].[Cl-].[Ti+4].c1cc[cH-]c1. The Bertz CT molecular complexity index is 231. The van der Waals surface area contributed by atoms with Crippen molar-refractivity contribution >= 4 is 0 Å². The summed E-state index contributed by atoms with van der Waals surface area (Å²) in [6, 6.07) is 18.2. The molecule has 0 aliphatic heterocycles. The van der Waals surface area contributed by atoms with Crippen LogP contribution in [0.4, 0.5) is 0 Å². The summed E-state index contributed by atoms with van der Waals surface area (Å²) in [6.07, 6.45) is 0. The van der Waals surface area contributed by atoms with E-state index in [-0.39, 0.29) is 46.5 Å². The number of rotatable bonds is 0. The average molecular weight is 263 g/mol. The van der Waals surface area contributed by atoms with Crippen LogP contribution in [-0.4, -0.2) is 0 Å². The molecule has 0 N–H and O–H groups in total. The van der Waals surface area contributed by atoms with Crippen LogP contribution in [0, 0.1) is 6.92 Å². The summed E-state index contributed by atoms with van der Waals surface area (Å²) < 4.78 is 0. The van der Waals surface area contributed by atoms with E-state index in [2.05, 4.69) is 19.1 Å². The molecule has 0 heterocycles. The standard InChI is InChI=1S/C6H7.C5H5.2ClH.Ti/c1-6-4-2-3-5-6;1-2-4-5-3-1;;;/h2-5H,1H3;1-5H;2*1H;/q2*-1;;;+4/p-2. The maximum Gasteiger partial charge on any atom is 4.00 e. The van der Waals surface area contributed by atoms with E-state index in [4.69, 9.17) is 0 Å². The average Bonchev–Trinajstić information content (AvgIpc) is 2.57. The van der Waals surface area contributed by atoms with E-state index < -0.39 is 0 Å². The molecule has 2 rings (SSSR count). The zero-order chi connectivity index (χ0) is 7.94. The molecule has 0 aromatic heterocycles. The second-order valence-electron chi connectivity index (χ2n) is 2.42. The van der Waals surface area contributed by atoms with Gasteiger partial charge in [0.05, 0.1) is 0 Å². The monoisotopic (exact) mass is 262 g/mol. The Kier molecular flexibility index (Phi) is 18.1. The minimum absolute atomic E-state index is 0. The molecule has 74 valence electrons. The quantitative estimate of drug-likeness (QED) is 0.354. The second-order valence-corrected chi connectivity index (χ2v) is 2.42. The summed E-state index contributed by atoms with van der Waals surface area (Å²) in [7, 11) is 0. The van der Waals surface area contributed by atoms with Gasteiger partial charge in [-0.2, -0.15) is 35.9 Å². The number of halogens is 2. The van der Waals surface area contributed by atoms with Gasteiger partial charge in [-0.05, 0) is 0 Å². The van der Waals surface area contributed by atoms with Crippen molar-refractivity contribution in [1.82, 2.24) is 0 Å². The molecule has 0 aliphatic rings. The fraction of sp³-hybridized carbons (Fsp3) is 0.0909. The molecule has 14 heavy (non-hydrogen) atoms. The molecule has 0 amide bonds. The Morgan fingerprint density at radius 3 is 1.43 bits per heavy atom. The molecule has 0 aliphatic carbocycles. The van der Waals surface area contributed by atoms with Gasteiger partial charge in [-0.25, -0.2) is 24.3 Å². The zero-order valence-electron chi connectivity index (χ0n) is 7.95. The molecular formula is C11H12Cl2Ti. The molecule has 0 saturated heterocycles. The predicted octanol–water partition coefficient (Wildman–Crippen LogP) is -2.88. The van der Waals surface area contributed by atoms with E-state index in [1.54, 1.807) is 0 Å². The summed E-state index contributed by atoms with van der Waals surface area (Å²) >= 11 is 0. The van der Waals surface area contributed by atoms with Crippen LogP contribution in [0.3, 0.4) is 0 Å². The molecule has 0 saturated carbocycles. The molecule has 0 bridgehead atoms. The zero-order valence-corrected chi connectivity index (χ0v) is 11.0. The summed E-state index contributed by atoms with van der Waals surface area (Å²) in [4.78, 5) is 0. The van der Waals surface area contributed by atoms with Crippen molar-refractivity contribution in [2.75, 3.05) is 0 Å². The molecule has 0 atom stereocenters. The molecule has 2 aromatic carbocycles. The van der Waals surface area contributed by atoms with Crippen LogP contribution in [-0.2, 0) is 21.7 Å². The summed E-state index contributed by atoms with van der Waals surface area (Å²) in [6.45, 7) is 2.08. The van der Waals surface area contributed by atoms with Gasteiger partial charge in [0.25, 0.3) is 0 Å². The van der Waals surface area contributed by atoms with Crippen molar-refractivity contribution in [2.45, 2.75) is 6.92 Å². The van der Waals surface area contributed by atoms with Gasteiger partial charge in [0.2, 0.25) is 0 Å². The van der Waals surface area contributed by atoms with E-state index in [9.17, 15) is 0 Å². The molecular weight excluding hydrogens is 251 g/mol. The van der Waals surface area contributed by atoms with Crippen LogP contribution in [0.2, 0.25) is 0 Å². The third kappa shape index (κ3) is 10.1. The van der Waals surface area contributed by atoms with Gasteiger partial charge < -0.3 is 24.8 Å². The third-order valence-corrected chi connectivity index (χ3v) is 1.38. The number of hydrogen-bond donors (Lipinski definition) is 0.